The Morgan fingerprint density at radius 2 is 1.87 bits per heavy atom. The number of nitrogens with one attached hydrogen (secondary N) is 1. The Hall–Kier alpha value is -2.71. The average molecular weight is 427 g/mol. The molecule has 0 saturated heterocycles. The van der Waals surface area contributed by atoms with Crippen molar-refractivity contribution in [2.75, 3.05) is 26.0 Å². The van der Waals surface area contributed by atoms with Gasteiger partial charge in [0.2, 0.25) is 0 Å². The molecule has 0 aliphatic carbocycles. The lowest BCUT2D eigenvalue weighted by molar-refractivity contribution is 0.199. The first kappa shape index (κ1) is 23.0. The van der Waals surface area contributed by atoms with Gasteiger partial charge in [-0.25, -0.2) is 4.98 Å². The van der Waals surface area contributed by atoms with Gasteiger partial charge in [0.25, 0.3) is 5.88 Å². The number of hydrogen-bond acceptors (Lipinski definition) is 7. The van der Waals surface area contributed by atoms with Crippen LogP contribution in [0.1, 0.15) is 50.6 Å². The first-order valence-electron chi connectivity index (χ1n) is 11.0. The highest BCUT2D eigenvalue weighted by atomic mass is 16.5. The zero-order chi connectivity index (χ0) is 22.2. The third-order valence-corrected chi connectivity index (χ3v) is 5.02. The normalized spacial score (nSPS) is 11.5. The Labute approximate surface area is 184 Å². The van der Waals surface area contributed by atoms with Crippen LogP contribution in [-0.4, -0.2) is 46.1 Å². The van der Waals surface area contributed by atoms with Gasteiger partial charge in [-0.15, -0.1) is 10.2 Å². The molecule has 0 unspecified atom stereocenters. The summed E-state index contributed by atoms with van der Waals surface area (Å²) in [4.78, 5) is 4.82. The number of aryl methyl sites for hydroxylation is 1. The Bertz CT molecular complexity index is 968. The van der Waals surface area contributed by atoms with Crippen molar-refractivity contribution in [3.05, 3.63) is 41.2 Å². The van der Waals surface area contributed by atoms with Crippen molar-refractivity contribution in [2.45, 2.75) is 59.2 Å². The zero-order valence-corrected chi connectivity index (χ0v) is 19.0. The molecule has 3 N–H and O–H groups in total. The summed E-state index contributed by atoms with van der Waals surface area (Å²) in [6.07, 6.45) is 2.99. The quantitative estimate of drug-likeness (QED) is 0.429. The molecule has 31 heavy (non-hydrogen) atoms. The Morgan fingerprint density at radius 1 is 1.13 bits per heavy atom. The molecule has 168 valence electrons. The molecule has 0 spiro atoms. The van der Waals surface area contributed by atoms with Crippen LogP contribution in [0.2, 0.25) is 0 Å². The predicted octanol–water partition coefficient (Wildman–Crippen LogP) is 3.32. The first-order valence-corrected chi connectivity index (χ1v) is 11.0. The number of hydrogen-bond donors (Lipinski definition) is 2. The lowest BCUT2D eigenvalue weighted by Gasteiger charge is -2.14. The van der Waals surface area contributed by atoms with E-state index in [9.17, 15) is 0 Å². The predicted molar refractivity (Wildman–Crippen MR) is 123 cm³/mol. The van der Waals surface area contributed by atoms with E-state index in [0.717, 1.165) is 43.7 Å². The highest BCUT2D eigenvalue weighted by Gasteiger charge is 2.20. The fourth-order valence-corrected chi connectivity index (χ4v) is 3.44. The van der Waals surface area contributed by atoms with Crippen molar-refractivity contribution in [2.24, 2.45) is 0 Å². The molecule has 2 aromatic heterocycles. The molecule has 0 radical (unpaired) electrons. The van der Waals surface area contributed by atoms with E-state index in [1.807, 2.05) is 13.8 Å². The number of anilines is 1. The lowest BCUT2D eigenvalue weighted by Crippen LogP contribution is -2.18. The summed E-state index contributed by atoms with van der Waals surface area (Å²) in [7, 11) is 1.71. The highest BCUT2D eigenvalue weighted by molar-refractivity contribution is 5.88. The maximum absolute atomic E-state index is 6.13. The monoisotopic (exact) mass is 426 g/mol. The fourth-order valence-electron chi connectivity index (χ4n) is 3.44. The molecule has 3 aromatic rings. The van der Waals surface area contributed by atoms with Crippen LogP contribution in [0.15, 0.2) is 24.3 Å². The maximum atomic E-state index is 6.13. The molecule has 3 rings (SSSR count). The molecule has 8 nitrogen and oxygen atoms in total. The standard InChI is InChI=1S/C23H34N6O2/c1-5-6-7-19-26-20-21(23(31-16(2)3)28-27-22(20)24)29(19)15-18-10-8-17(9-11-18)14-25-12-13-30-4/h8-11,16,25H,5-7,12-15H2,1-4H3,(H2,24,27). The minimum Gasteiger partial charge on any atom is -0.472 e. The van der Waals surface area contributed by atoms with E-state index in [1.165, 1.54) is 11.1 Å². The van der Waals surface area contributed by atoms with Crippen LogP contribution in [0.3, 0.4) is 0 Å². The smallest absolute Gasteiger partial charge is 0.260 e. The summed E-state index contributed by atoms with van der Waals surface area (Å²) in [5, 5.41) is 11.7. The second kappa shape index (κ2) is 11.1. The summed E-state index contributed by atoms with van der Waals surface area (Å²) in [5.74, 6) is 1.80. The Morgan fingerprint density at radius 3 is 2.55 bits per heavy atom. The van der Waals surface area contributed by atoms with Crippen LogP contribution in [0.5, 0.6) is 5.88 Å². The van der Waals surface area contributed by atoms with Crippen LogP contribution in [0.25, 0.3) is 11.0 Å². The molecule has 1 aromatic carbocycles. The van der Waals surface area contributed by atoms with Gasteiger partial charge in [-0.05, 0) is 31.4 Å². The second-order valence-electron chi connectivity index (χ2n) is 7.96. The number of nitrogens with zero attached hydrogens (tertiary/aromatic N) is 4. The van der Waals surface area contributed by atoms with E-state index in [1.54, 1.807) is 7.11 Å². The molecule has 0 aliphatic heterocycles. The molecule has 0 bridgehead atoms. The fraction of sp³-hybridized carbons (Fsp3) is 0.522. The molecule has 0 amide bonds. The minimum absolute atomic E-state index is 0.0199. The highest BCUT2D eigenvalue weighted by Crippen LogP contribution is 2.29. The SMILES string of the molecule is CCCCc1nc2c(N)nnc(OC(C)C)c2n1Cc1ccc(CNCCOC)cc1. The van der Waals surface area contributed by atoms with E-state index >= 15 is 0 Å². The van der Waals surface area contributed by atoms with Gasteiger partial charge in [-0.1, -0.05) is 37.6 Å². The van der Waals surface area contributed by atoms with Crippen LogP contribution in [-0.2, 0) is 24.2 Å². The number of nitrogens with two attached hydrogens (primary N) is 1. The molecular weight excluding hydrogens is 392 g/mol. The number of unbranched alkanes of at least 4 members (excludes halogenated alkanes) is 1. The van der Waals surface area contributed by atoms with Crippen molar-refractivity contribution in [3.8, 4) is 5.88 Å². The summed E-state index contributed by atoms with van der Waals surface area (Å²) in [6.45, 7) is 9.16. The number of nitrogen functional groups attached to an aromatic ring is 1. The van der Waals surface area contributed by atoms with E-state index in [-0.39, 0.29) is 6.10 Å². The van der Waals surface area contributed by atoms with Crippen LogP contribution in [0, 0.1) is 0 Å². The lowest BCUT2D eigenvalue weighted by atomic mass is 10.1. The van der Waals surface area contributed by atoms with Crippen molar-refractivity contribution >= 4 is 16.9 Å². The van der Waals surface area contributed by atoms with Crippen LogP contribution >= 0.6 is 0 Å². The topological polar surface area (TPSA) is 100 Å². The van der Waals surface area contributed by atoms with Gasteiger partial charge in [0.15, 0.2) is 5.82 Å². The number of imidazole rings is 1. The molecule has 0 fully saturated rings. The van der Waals surface area contributed by atoms with E-state index < -0.39 is 0 Å². The summed E-state index contributed by atoms with van der Waals surface area (Å²) in [5.41, 5.74) is 10.0. The summed E-state index contributed by atoms with van der Waals surface area (Å²) in [6, 6.07) is 8.62. The van der Waals surface area contributed by atoms with Gasteiger partial charge < -0.3 is 25.1 Å². The van der Waals surface area contributed by atoms with Crippen molar-refractivity contribution in [1.82, 2.24) is 25.1 Å². The van der Waals surface area contributed by atoms with Gasteiger partial charge in [0.1, 0.15) is 16.9 Å². The van der Waals surface area contributed by atoms with Crippen molar-refractivity contribution < 1.29 is 9.47 Å². The Balaban J connectivity index is 1.91. The van der Waals surface area contributed by atoms with Gasteiger partial charge in [0, 0.05) is 33.2 Å². The van der Waals surface area contributed by atoms with Crippen LogP contribution < -0.4 is 15.8 Å². The number of aromatic nitrogens is 4. The zero-order valence-electron chi connectivity index (χ0n) is 19.0. The molecule has 0 atom stereocenters. The molecule has 0 saturated carbocycles. The largest absolute Gasteiger partial charge is 0.472 e. The number of fused-ring (bicyclic) bond motifs is 1. The van der Waals surface area contributed by atoms with E-state index in [2.05, 4.69) is 51.3 Å². The van der Waals surface area contributed by atoms with Crippen molar-refractivity contribution in [1.29, 1.82) is 0 Å². The number of benzene rings is 1. The first-order chi connectivity index (χ1) is 15.0. The Kier molecular flexibility index (Phi) is 8.20. The average Bonchev–Trinajstić information content (AvgIpc) is 3.12. The van der Waals surface area contributed by atoms with E-state index in [4.69, 9.17) is 20.2 Å². The van der Waals surface area contributed by atoms with Crippen molar-refractivity contribution in [3.63, 3.8) is 0 Å². The summed E-state index contributed by atoms with van der Waals surface area (Å²) >= 11 is 0. The number of rotatable bonds is 12. The van der Waals surface area contributed by atoms with E-state index in [0.29, 0.717) is 30.4 Å². The summed E-state index contributed by atoms with van der Waals surface area (Å²) < 4.78 is 13.2. The van der Waals surface area contributed by atoms with Gasteiger partial charge in [-0.2, -0.15) is 0 Å². The molecule has 0 aliphatic rings. The second-order valence-corrected chi connectivity index (χ2v) is 7.96. The van der Waals surface area contributed by atoms with Gasteiger partial charge in [-0.3, -0.25) is 0 Å². The molecule has 2 heterocycles. The third kappa shape index (κ3) is 5.92. The third-order valence-electron chi connectivity index (χ3n) is 5.02. The number of methoxy groups -OCH3 is 1. The van der Waals surface area contributed by atoms with Crippen LogP contribution in [0.4, 0.5) is 5.82 Å². The minimum atomic E-state index is -0.0199. The number of ether oxygens (including phenoxy) is 2. The van der Waals surface area contributed by atoms with Gasteiger partial charge >= 0.3 is 0 Å². The maximum Gasteiger partial charge on any atom is 0.260 e. The molecule has 8 heteroatoms. The van der Waals surface area contributed by atoms with Gasteiger partial charge in [0.05, 0.1) is 12.7 Å². The molecular formula is C23H34N6O2.